The van der Waals surface area contributed by atoms with Crippen LogP contribution in [0, 0.1) is 0 Å². The molecule has 0 aliphatic carbocycles. The molecular formula is C64H38S2. The third-order valence-corrected chi connectivity index (χ3v) is 16.2. The Morgan fingerprint density at radius 3 is 0.712 bits per heavy atom. The fourth-order valence-electron chi connectivity index (χ4n) is 10.9. The molecule has 66 heavy (non-hydrogen) atoms. The van der Waals surface area contributed by atoms with Crippen LogP contribution in [-0.4, -0.2) is 0 Å². The average molecular weight is 871 g/mol. The van der Waals surface area contributed by atoms with Gasteiger partial charge < -0.3 is 0 Å². The van der Waals surface area contributed by atoms with Crippen molar-refractivity contribution >= 4 is 106 Å². The van der Waals surface area contributed by atoms with Crippen LogP contribution in [0.2, 0.25) is 0 Å². The third kappa shape index (κ3) is 5.76. The van der Waals surface area contributed by atoms with Crippen molar-refractivity contribution in [3.05, 3.63) is 231 Å². The van der Waals surface area contributed by atoms with E-state index in [1.165, 1.54) is 139 Å². The lowest BCUT2D eigenvalue weighted by atomic mass is 9.85. The van der Waals surface area contributed by atoms with Gasteiger partial charge >= 0.3 is 0 Å². The zero-order valence-electron chi connectivity index (χ0n) is 35.8. The Morgan fingerprint density at radius 2 is 0.394 bits per heavy atom. The van der Waals surface area contributed by atoms with Gasteiger partial charge in [-0.1, -0.05) is 194 Å². The molecule has 0 aliphatic heterocycles. The minimum Gasteiger partial charge on any atom is -0.135 e. The molecule has 0 atom stereocenters. The number of rotatable bonds is 5. The van der Waals surface area contributed by atoms with Crippen LogP contribution >= 0.6 is 22.7 Å². The van der Waals surface area contributed by atoms with Gasteiger partial charge in [-0.3, -0.25) is 0 Å². The molecule has 0 aliphatic rings. The van der Waals surface area contributed by atoms with Gasteiger partial charge in [-0.25, -0.2) is 0 Å². The molecular weight excluding hydrogens is 833 g/mol. The van der Waals surface area contributed by atoms with Crippen LogP contribution in [0.25, 0.3) is 139 Å². The van der Waals surface area contributed by atoms with Gasteiger partial charge in [0.05, 0.1) is 0 Å². The summed E-state index contributed by atoms with van der Waals surface area (Å²) < 4.78 is 5.32. The molecule has 0 radical (unpaired) electrons. The van der Waals surface area contributed by atoms with Crippen LogP contribution in [0.5, 0.6) is 0 Å². The predicted octanol–water partition coefficient (Wildman–Crippen LogP) is 19.4. The number of fused-ring (bicyclic) bond motifs is 10. The summed E-state index contributed by atoms with van der Waals surface area (Å²) in [6.07, 6.45) is 0. The maximum atomic E-state index is 2.41. The van der Waals surface area contributed by atoms with Gasteiger partial charge in [0.15, 0.2) is 0 Å². The summed E-state index contributed by atoms with van der Waals surface area (Å²) in [5, 5.41) is 15.5. The van der Waals surface area contributed by atoms with Gasteiger partial charge in [-0.15, -0.1) is 22.7 Å². The lowest BCUT2D eigenvalue weighted by molar-refractivity contribution is 1.60. The highest BCUT2D eigenvalue weighted by molar-refractivity contribution is 7.26. The molecule has 0 amide bonds. The Balaban J connectivity index is 0.856. The summed E-state index contributed by atoms with van der Waals surface area (Å²) in [4.78, 5) is 0. The minimum absolute atomic E-state index is 1.20. The zero-order valence-corrected chi connectivity index (χ0v) is 37.4. The monoisotopic (exact) mass is 870 g/mol. The van der Waals surface area contributed by atoms with Gasteiger partial charge in [-0.05, 0) is 135 Å². The Hall–Kier alpha value is -7.88. The molecule has 14 rings (SSSR count). The van der Waals surface area contributed by atoms with E-state index in [1.807, 2.05) is 22.7 Å². The van der Waals surface area contributed by atoms with Crippen molar-refractivity contribution < 1.29 is 0 Å². The summed E-state index contributed by atoms with van der Waals surface area (Å²) >= 11 is 3.74. The maximum Gasteiger partial charge on any atom is 0.0355 e. The van der Waals surface area contributed by atoms with Crippen LogP contribution < -0.4 is 0 Å². The zero-order chi connectivity index (χ0) is 43.3. The summed E-state index contributed by atoms with van der Waals surface area (Å²) in [5.74, 6) is 0. The normalized spacial score (nSPS) is 11.9. The van der Waals surface area contributed by atoms with Crippen molar-refractivity contribution in [3.63, 3.8) is 0 Å². The molecule has 0 N–H and O–H groups in total. The largest absolute Gasteiger partial charge is 0.135 e. The second-order valence-electron chi connectivity index (χ2n) is 17.5. The highest BCUT2D eigenvalue weighted by Gasteiger charge is 2.20. The van der Waals surface area contributed by atoms with E-state index in [0.717, 1.165) is 0 Å². The van der Waals surface area contributed by atoms with E-state index in [2.05, 4.69) is 231 Å². The molecule has 2 aromatic heterocycles. The lowest BCUT2D eigenvalue weighted by Crippen LogP contribution is -1.91. The fourth-order valence-corrected chi connectivity index (χ4v) is 13.1. The first-order chi connectivity index (χ1) is 32.7. The predicted molar refractivity (Wildman–Crippen MR) is 289 cm³/mol. The second-order valence-corrected chi connectivity index (χ2v) is 19.6. The van der Waals surface area contributed by atoms with Crippen LogP contribution in [0.4, 0.5) is 0 Å². The third-order valence-electron chi connectivity index (χ3n) is 13.9. The second kappa shape index (κ2) is 14.8. The molecule has 2 heteroatoms. The van der Waals surface area contributed by atoms with Crippen molar-refractivity contribution in [1.82, 2.24) is 0 Å². The standard InChI is InChI=1S/C64H38S2/c1-5-19-51-47(15-1)61(48-16-2-6-20-52(48)63(51)43-33-35-59-55(37-43)45-13-9-11-23-57(45)65-59)41-29-25-39(26-30-41)40-27-31-42(32-28-40)62-49-17-3-7-21-53(49)64(54-22-8-4-18-50(54)62)44-34-36-60-56(38-44)46-14-10-12-24-58(46)66-60/h1-38H. The van der Waals surface area contributed by atoms with Crippen molar-refractivity contribution in [2.75, 3.05) is 0 Å². The highest BCUT2D eigenvalue weighted by Crippen LogP contribution is 2.48. The number of thiophene rings is 2. The van der Waals surface area contributed by atoms with E-state index < -0.39 is 0 Å². The Bertz CT molecular complexity index is 3870. The molecule has 0 saturated carbocycles. The van der Waals surface area contributed by atoms with Gasteiger partial charge in [0.2, 0.25) is 0 Å². The quantitative estimate of drug-likeness (QED) is 0.151. The van der Waals surface area contributed by atoms with Crippen LogP contribution in [-0.2, 0) is 0 Å². The molecule has 12 aromatic carbocycles. The van der Waals surface area contributed by atoms with Crippen molar-refractivity contribution in [2.24, 2.45) is 0 Å². The first kappa shape index (κ1) is 37.5. The Kier molecular flexibility index (Phi) is 8.43. The minimum atomic E-state index is 1.20. The summed E-state index contributed by atoms with van der Waals surface area (Å²) in [7, 11) is 0. The summed E-state index contributed by atoms with van der Waals surface area (Å²) in [6, 6.07) is 86.0. The molecule has 0 spiro atoms. The molecule has 2 heterocycles. The van der Waals surface area contributed by atoms with E-state index in [1.54, 1.807) is 0 Å². The molecule has 306 valence electrons. The topological polar surface area (TPSA) is 0 Å². The van der Waals surface area contributed by atoms with E-state index in [4.69, 9.17) is 0 Å². The molecule has 14 aromatic rings. The molecule has 0 unspecified atom stereocenters. The van der Waals surface area contributed by atoms with Gasteiger partial charge in [-0.2, -0.15) is 0 Å². The van der Waals surface area contributed by atoms with Crippen LogP contribution in [0.15, 0.2) is 231 Å². The fraction of sp³-hybridized carbons (Fsp3) is 0. The van der Waals surface area contributed by atoms with Gasteiger partial charge in [0.25, 0.3) is 0 Å². The van der Waals surface area contributed by atoms with Crippen molar-refractivity contribution in [3.8, 4) is 55.6 Å². The number of benzene rings is 12. The van der Waals surface area contributed by atoms with E-state index in [0.29, 0.717) is 0 Å². The van der Waals surface area contributed by atoms with E-state index >= 15 is 0 Å². The number of hydrogen-bond acceptors (Lipinski definition) is 2. The molecule has 0 nitrogen and oxygen atoms in total. The summed E-state index contributed by atoms with van der Waals surface area (Å²) in [5.41, 5.74) is 12.5. The summed E-state index contributed by atoms with van der Waals surface area (Å²) in [6.45, 7) is 0. The van der Waals surface area contributed by atoms with Crippen LogP contribution in [0.3, 0.4) is 0 Å². The van der Waals surface area contributed by atoms with Gasteiger partial charge in [0, 0.05) is 40.3 Å². The maximum absolute atomic E-state index is 2.41. The SMILES string of the molecule is c1ccc2c(c1)sc1ccc(-c3c4ccccc4c(-c4ccc(-c5ccc(-c6c7ccccc7c(-c7ccc8sc9ccccc9c8c7)c7ccccc67)cc5)cc4)c4ccccc34)cc12. The molecule has 0 fully saturated rings. The average Bonchev–Trinajstić information content (AvgIpc) is 3.95. The first-order valence-corrected chi connectivity index (χ1v) is 24.3. The Morgan fingerprint density at radius 1 is 0.167 bits per heavy atom. The lowest BCUT2D eigenvalue weighted by Gasteiger charge is -2.18. The molecule has 0 bridgehead atoms. The Labute approximate surface area is 389 Å². The van der Waals surface area contributed by atoms with Crippen molar-refractivity contribution in [2.45, 2.75) is 0 Å². The van der Waals surface area contributed by atoms with Crippen LogP contribution in [0.1, 0.15) is 0 Å². The van der Waals surface area contributed by atoms with E-state index in [-0.39, 0.29) is 0 Å². The van der Waals surface area contributed by atoms with Gasteiger partial charge in [0.1, 0.15) is 0 Å². The number of hydrogen-bond donors (Lipinski definition) is 0. The smallest absolute Gasteiger partial charge is 0.0355 e. The molecule has 0 saturated heterocycles. The van der Waals surface area contributed by atoms with E-state index in [9.17, 15) is 0 Å². The van der Waals surface area contributed by atoms with Crippen molar-refractivity contribution in [1.29, 1.82) is 0 Å². The highest BCUT2D eigenvalue weighted by atomic mass is 32.1. The first-order valence-electron chi connectivity index (χ1n) is 22.6.